The molecule has 0 fully saturated rings. The molecule has 0 saturated heterocycles. The minimum absolute atomic E-state index is 0.0881. The fourth-order valence-corrected chi connectivity index (χ4v) is 6.11. The van der Waals surface area contributed by atoms with Crippen LogP contribution in [0.5, 0.6) is 0 Å². The highest BCUT2D eigenvalue weighted by atomic mass is 16.5. The van der Waals surface area contributed by atoms with E-state index in [1.807, 2.05) is 0 Å². The molecule has 37 heavy (non-hydrogen) atoms. The summed E-state index contributed by atoms with van der Waals surface area (Å²) in [5.74, 6) is 0.859. The Morgan fingerprint density at radius 2 is 1.22 bits per heavy atom. The lowest BCUT2D eigenvalue weighted by Crippen LogP contribution is -2.42. The van der Waals surface area contributed by atoms with Gasteiger partial charge in [-0.1, -0.05) is 131 Å². The van der Waals surface area contributed by atoms with Crippen molar-refractivity contribution in [2.75, 3.05) is 6.61 Å². The van der Waals surface area contributed by atoms with Crippen LogP contribution in [0, 0.1) is 23.2 Å². The van der Waals surface area contributed by atoms with Crippen LogP contribution >= 0.6 is 0 Å². The fraction of sp³-hybridized carbons (Fsp3) is 0.939. The van der Waals surface area contributed by atoms with E-state index >= 15 is 0 Å². The van der Waals surface area contributed by atoms with Crippen molar-refractivity contribution in [2.24, 2.45) is 23.2 Å². The lowest BCUT2D eigenvalue weighted by Gasteiger charge is -2.40. The predicted molar refractivity (Wildman–Crippen MR) is 158 cm³/mol. The Morgan fingerprint density at radius 1 is 0.676 bits per heavy atom. The number of carboxylic acids is 1. The third-order valence-electron chi connectivity index (χ3n) is 8.94. The van der Waals surface area contributed by atoms with Crippen LogP contribution < -0.4 is 0 Å². The van der Waals surface area contributed by atoms with Gasteiger partial charge in [-0.15, -0.1) is 0 Å². The van der Waals surface area contributed by atoms with Gasteiger partial charge in [-0.25, -0.2) is 0 Å². The lowest BCUT2D eigenvalue weighted by atomic mass is 9.64. The molecule has 1 N–H and O–H groups in total. The third kappa shape index (κ3) is 15.2. The summed E-state index contributed by atoms with van der Waals surface area (Å²) in [6.45, 7) is 14.1. The molecule has 0 saturated carbocycles. The van der Waals surface area contributed by atoms with Gasteiger partial charge in [-0.2, -0.15) is 0 Å². The van der Waals surface area contributed by atoms with Crippen LogP contribution in [0.15, 0.2) is 0 Å². The van der Waals surface area contributed by atoms with E-state index in [0.717, 1.165) is 64.2 Å². The maximum Gasteiger partial charge on any atom is 0.312 e. The maximum absolute atomic E-state index is 13.9. The van der Waals surface area contributed by atoms with Crippen molar-refractivity contribution in [3.8, 4) is 0 Å². The summed E-state index contributed by atoms with van der Waals surface area (Å²) in [5, 5.41) is 8.77. The second kappa shape index (κ2) is 22.9. The van der Waals surface area contributed by atoms with Gasteiger partial charge in [0.25, 0.3) is 0 Å². The van der Waals surface area contributed by atoms with Crippen LogP contribution in [0.25, 0.3) is 0 Å². The van der Waals surface area contributed by atoms with Crippen molar-refractivity contribution < 1.29 is 19.4 Å². The summed E-state index contributed by atoms with van der Waals surface area (Å²) in [6, 6.07) is 0. The predicted octanol–water partition coefficient (Wildman–Crippen LogP) is 10.4. The minimum Gasteiger partial charge on any atom is -0.481 e. The zero-order valence-corrected chi connectivity index (χ0v) is 25.8. The molecule has 0 aromatic carbocycles. The van der Waals surface area contributed by atoms with Crippen LogP contribution in [0.4, 0.5) is 0 Å². The topological polar surface area (TPSA) is 63.6 Å². The molecule has 0 bridgehead atoms. The second-order valence-corrected chi connectivity index (χ2v) is 11.7. The summed E-state index contributed by atoms with van der Waals surface area (Å²) in [4.78, 5) is 24.6. The number of hydrogen-bond acceptors (Lipinski definition) is 3. The Labute approximate surface area is 231 Å². The summed E-state index contributed by atoms with van der Waals surface area (Å²) in [7, 11) is 0. The highest BCUT2D eigenvalue weighted by molar-refractivity contribution is 5.77. The van der Waals surface area contributed by atoms with E-state index in [9.17, 15) is 9.59 Å². The standard InChI is InChI=1S/C33H64O4/c1-7-13-22-28(9-3)26-33(12-6,32(36)37-27-29(10-4)23-14-8-2)30(11-5)24-20-18-16-15-17-19-21-25-31(34)35/h28-30H,7-27H2,1-6H3,(H,34,35). The Kier molecular flexibility index (Phi) is 22.2. The molecular weight excluding hydrogens is 460 g/mol. The van der Waals surface area contributed by atoms with Crippen molar-refractivity contribution in [3.05, 3.63) is 0 Å². The molecule has 4 unspecified atom stereocenters. The third-order valence-corrected chi connectivity index (χ3v) is 8.94. The van der Waals surface area contributed by atoms with Gasteiger partial charge in [0.15, 0.2) is 0 Å². The van der Waals surface area contributed by atoms with Crippen molar-refractivity contribution in [1.82, 2.24) is 0 Å². The van der Waals surface area contributed by atoms with E-state index in [-0.39, 0.29) is 11.4 Å². The van der Waals surface area contributed by atoms with Crippen LogP contribution in [0.1, 0.15) is 170 Å². The molecule has 0 aliphatic rings. The summed E-state index contributed by atoms with van der Waals surface area (Å²) in [5.41, 5.74) is -0.358. The molecule has 0 rings (SSSR count). The number of ether oxygens (including phenoxy) is 1. The van der Waals surface area contributed by atoms with Crippen molar-refractivity contribution in [2.45, 2.75) is 170 Å². The van der Waals surface area contributed by atoms with Gasteiger partial charge < -0.3 is 9.84 Å². The van der Waals surface area contributed by atoms with Crippen molar-refractivity contribution in [3.63, 3.8) is 0 Å². The van der Waals surface area contributed by atoms with Gasteiger partial charge in [-0.05, 0) is 49.9 Å². The summed E-state index contributed by atoms with van der Waals surface area (Å²) in [6.07, 6.45) is 21.4. The summed E-state index contributed by atoms with van der Waals surface area (Å²) >= 11 is 0. The molecule has 4 nitrogen and oxygen atoms in total. The Balaban J connectivity index is 5.23. The van der Waals surface area contributed by atoms with Crippen molar-refractivity contribution >= 4 is 11.9 Å². The van der Waals surface area contributed by atoms with Crippen molar-refractivity contribution in [1.29, 1.82) is 0 Å². The first-order valence-electron chi connectivity index (χ1n) is 16.2. The smallest absolute Gasteiger partial charge is 0.312 e. The van der Waals surface area contributed by atoms with Gasteiger partial charge >= 0.3 is 11.9 Å². The SMILES string of the molecule is CCCCC(CC)COC(=O)C(CC)(CC(CC)CCCC)C(CC)CCCCCCCCCC(=O)O. The minimum atomic E-state index is -0.685. The van der Waals surface area contributed by atoms with Crippen LogP contribution in [0.3, 0.4) is 0 Å². The number of rotatable bonds is 26. The van der Waals surface area contributed by atoms with E-state index in [1.165, 1.54) is 57.8 Å². The molecule has 0 aromatic heterocycles. The molecule has 220 valence electrons. The molecule has 0 spiro atoms. The van der Waals surface area contributed by atoms with E-state index in [2.05, 4.69) is 41.5 Å². The molecule has 4 atom stereocenters. The van der Waals surface area contributed by atoms with Crippen LogP contribution in [-0.4, -0.2) is 23.7 Å². The number of carbonyl (C=O) groups is 2. The second-order valence-electron chi connectivity index (χ2n) is 11.7. The molecule has 0 aliphatic heterocycles. The van der Waals surface area contributed by atoms with E-state index in [0.29, 0.717) is 30.8 Å². The first-order valence-corrected chi connectivity index (χ1v) is 16.2. The maximum atomic E-state index is 13.9. The zero-order chi connectivity index (χ0) is 27.9. The molecule has 0 amide bonds. The summed E-state index contributed by atoms with van der Waals surface area (Å²) < 4.78 is 6.20. The molecule has 0 heterocycles. The Hall–Kier alpha value is -1.06. The molecule has 0 aliphatic carbocycles. The zero-order valence-electron chi connectivity index (χ0n) is 25.8. The van der Waals surface area contributed by atoms with Crippen LogP contribution in [0.2, 0.25) is 0 Å². The van der Waals surface area contributed by atoms with Crippen LogP contribution in [-0.2, 0) is 14.3 Å². The Morgan fingerprint density at radius 3 is 1.70 bits per heavy atom. The molecule has 4 heteroatoms. The molecular formula is C33H64O4. The average molecular weight is 525 g/mol. The van der Waals surface area contributed by atoms with Gasteiger partial charge in [0.2, 0.25) is 0 Å². The van der Waals surface area contributed by atoms with E-state index in [4.69, 9.17) is 9.84 Å². The largest absolute Gasteiger partial charge is 0.481 e. The lowest BCUT2D eigenvalue weighted by molar-refractivity contribution is -0.164. The monoisotopic (exact) mass is 524 g/mol. The van der Waals surface area contributed by atoms with Gasteiger partial charge in [-0.3, -0.25) is 9.59 Å². The highest BCUT2D eigenvalue weighted by Gasteiger charge is 2.45. The number of unbranched alkanes of at least 4 members (excludes halogenated alkanes) is 8. The van der Waals surface area contributed by atoms with Gasteiger partial charge in [0.05, 0.1) is 12.0 Å². The molecule has 0 radical (unpaired) electrons. The van der Waals surface area contributed by atoms with E-state index in [1.54, 1.807) is 0 Å². The quantitative estimate of drug-likeness (QED) is 0.0902. The number of hydrogen-bond donors (Lipinski definition) is 1. The van der Waals surface area contributed by atoms with Gasteiger partial charge in [0, 0.05) is 6.42 Å². The van der Waals surface area contributed by atoms with Gasteiger partial charge in [0.1, 0.15) is 0 Å². The Bertz CT molecular complexity index is 561. The first-order chi connectivity index (χ1) is 17.8. The number of carboxylic acid groups (broad SMARTS) is 1. The highest BCUT2D eigenvalue weighted by Crippen LogP contribution is 2.45. The fourth-order valence-electron chi connectivity index (χ4n) is 6.11. The average Bonchev–Trinajstić information content (AvgIpc) is 2.90. The van der Waals surface area contributed by atoms with E-state index < -0.39 is 5.97 Å². The number of aliphatic carboxylic acids is 1. The number of carbonyl (C=O) groups excluding carboxylic acids is 1. The molecule has 0 aromatic rings. The first kappa shape index (κ1) is 35.9. The number of esters is 1. The normalized spacial score (nSPS) is 15.6.